The average Bonchev–Trinajstić information content (AvgIpc) is 2.72. The molecule has 0 bridgehead atoms. The normalized spacial score (nSPS) is 15.7. The van der Waals surface area contributed by atoms with Crippen LogP contribution < -0.4 is 4.74 Å². The lowest BCUT2D eigenvalue weighted by Gasteiger charge is -2.37. The first-order chi connectivity index (χ1) is 13.6. The maximum Gasteiger partial charge on any atom is 0.227 e. The molecular weight excluding hydrogens is 357 g/mol. The Kier molecular flexibility index (Phi) is 6.62. The Morgan fingerprint density at radius 2 is 1.82 bits per heavy atom. The summed E-state index contributed by atoms with van der Waals surface area (Å²) in [5, 5.41) is 9.54. The molecule has 1 fully saturated rings. The SMILES string of the molecule is CCOc1ccc(CC(=O)N2CCN(C(C#N)c3ccccc3F)CC2)cc1. The van der Waals surface area contributed by atoms with Gasteiger partial charge < -0.3 is 9.64 Å². The molecule has 1 aliphatic rings. The van der Waals surface area contributed by atoms with E-state index < -0.39 is 6.04 Å². The minimum atomic E-state index is -0.635. The molecular formula is C22H24FN3O2. The van der Waals surface area contributed by atoms with E-state index >= 15 is 0 Å². The smallest absolute Gasteiger partial charge is 0.227 e. The summed E-state index contributed by atoms with van der Waals surface area (Å²) in [4.78, 5) is 16.3. The molecule has 2 aromatic carbocycles. The highest BCUT2D eigenvalue weighted by Gasteiger charge is 2.28. The highest BCUT2D eigenvalue weighted by molar-refractivity contribution is 5.79. The Morgan fingerprint density at radius 3 is 2.43 bits per heavy atom. The highest BCUT2D eigenvalue weighted by atomic mass is 19.1. The van der Waals surface area contributed by atoms with E-state index in [-0.39, 0.29) is 11.7 Å². The molecule has 3 rings (SSSR count). The number of benzene rings is 2. The summed E-state index contributed by atoms with van der Waals surface area (Å²) in [6.45, 7) is 4.69. The van der Waals surface area contributed by atoms with Crippen LogP contribution in [-0.4, -0.2) is 48.5 Å². The van der Waals surface area contributed by atoms with Gasteiger partial charge in [-0.25, -0.2) is 4.39 Å². The van der Waals surface area contributed by atoms with Gasteiger partial charge in [0.05, 0.1) is 19.1 Å². The summed E-state index contributed by atoms with van der Waals surface area (Å²) in [6, 6.07) is 15.5. The molecule has 146 valence electrons. The van der Waals surface area contributed by atoms with E-state index in [0.717, 1.165) is 11.3 Å². The summed E-state index contributed by atoms with van der Waals surface area (Å²) in [5.74, 6) is 0.481. The van der Waals surface area contributed by atoms with Crippen LogP contribution in [0.1, 0.15) is 24.1 Å². The van der Waals surface area contributed by atoms with E-state index in [1.54, 1.807) is 18.2 Å². The lowest BCUT2D eigenvalue weighted by molar-refractivity contribution is -0.132. The summed E-state index contributed by atoms with van der Waals surface area (Å²) >= 11 is 0. The van der Waals surface area contributed by atoms with Gasteiger partial charge in [-0.3, -0.25) is 9.69 Å². The molecule has 0 aromatic heterocycles. The van der Waals surface area contributed by atoms with Gasteiger partial charge in [0.15, 0.2) is 0 Å². The van der Waals surface area contributed by atoms with E-state index in [4.69, 9.17) is 4.74 Å². The summed E-state index contributed by atoms with van der Waals surface area (Å²) < 4.78 is 19.5. The van der Waals surface area contributed by atoms with E-state index in [0.29, 0.717) is 44.8 Å². The molecule has 0 spiro atoms. The van der Waals surface area contributed by atoms with Gasteiger partial charge in [0, 0.05) is 31.7 Å². The molecule has 28 heavy (non-hydrogen) atoms. The zero-order valence-corrected chi connectivity index (χ0v) is 16.0. The highest BCUT2D eigenvalue weighted by Crippen LogP contribution is 2.24. The lowest BCUT2D eigenvalue weighted by Crippen LogP contribution is -2.50. The number of halogens is 1. The number of hydrogen-bond donors (Lipinski definition) is 0. The second kappa shape index (κ2) is 9.34. The molecule has 0 N–H and O–H groups in total. The molecule has 6 heteroatoms. The minimum Gasteiger partial charge on any atom is -0.494 e. The van der Waals surface area contributed by atoms with Crippen LogP contribution >= 0.6 is 0 Å². The van der Waals surface area contributed by atoms with Crippen LogP contribution in [0.3, 0.4) is 0 Å². The third-order valence-electron chi connectivity index (χ3n) is 4.94. The van der Waals surface area contributed by atoms with E-state index in [9.17, 15) is 14.4 Å². The van der Waals surface area contributed by atoms with Crippen molar-refractivity contribution in [1.82, 2.24) is 9.80 Å². The monoisotopic (exact) mass is 381 g/mol. The Balaban J connectivity index is 1.56. The van der Waals surface area contributed by atoms with Crippen molar-refractivity contribution >= 4 is 5.91 Å². The maximum absolute atomic E-state index is 14.1. The van der Waals surface area contributed by atoms with Crippen molar-refractivity contribution < 1.29 is 13.9 Å². The molecule has 0 aliphatic carbocycles. The minimum absolute atomic E-state index is 0.0585. The number of carbonyl (C=O) groups excluding carboxylic acids is 1. The number of piperazine rings is 1. The molecule has 2 aromatic rings. The Morgan fingerprint density at radius 1 is 1.14 bits per heavy atom. The molecule has 1 atom stereocenters. The van der Waals surface area contributed by atoms with Crippen LogP contribution in [0.25, 0.3) is 0 Å². The molecule has 1 amide bonds. The van der Waals surface area contributed by atoms with E-state index in [1.165, 1.54) is 6.07 Å². The van der Waals surface area contributed by atoms with Gasteiger partial charge in [-0.1, -0.05) is 30.3 Å². The van der Waals surface area contributed by atoms with Crippen molar-refractivity contribution in [1.29, 1.82) is 5.26 Å². The molecule has 5 nitrogen and oxygen atoms in total. The summed E-state index contributed by atoms with van der Waals surface area (Å²) in [5.41, 5.74) is 1.33. The van der Waals surface area contributed by atoms with Gasteiger partial charge in [0.1, 0.15) is 17.6 Å². The number of rotatable bonds is 6. The largest absolute Gasteiger partial charge is 0.494 e. The Hall–Kier alpha value is -2.91. The Labute approximate surface area is 164 Å². The van der Waals surface area contributed by atoms with Crippen LogP contribution in [-0.2, 0) is 11.2 Å². The number of nitriles is 1. The second-order valence-corrected chi connectivity index (χ2v) is 6.72. The molecule has 1 heterocycles. The fourth-order valence-corrected chi connectivity index (χ4v) is 3.43. The number of carbonyl (C=O) groups is 1. The number of amides is 1. The van der Waals surface area contributed by atoms with Crippen molar-refractivity contribution in [2.75, 3.05) is 32.8 Å². The Bertz CT molecular complexity index is 840. The predicted molar refractivity (Wildman–Crippen MR) is 104 cm³/mol. The van der Waals surface area contributed by atoms with Gasteiger partial charge in [0.2, 0.25) is 5.91 Å². The van der Waals surface area contributed by atoms with Crippen LogP contribution in [0.2, 0.25) is 0 Å². The van der Waals surface area contributed by atoms with Crippen LogP contribution in [0, 0.1) is 17.1 Å². The zero-order valence-electron chi connectivity index (χ0n) is 16.0. The molecule has 1 unspecified atom stereocenters. The first-order valence-electron chi connectivity index (χ1n) is 9.50. The quantitative estimate of drug-likeness (QED) is 0.771. The van der Waals surface area contributed by atoms with Crippen LogP contribution in [0.5, 0.6) is 5.75 Å². The summed E-state index contributed by atoms with van der Waals surface area (Å²) in [7, 11) is 0. The van der Waals surface area contributed by atoms with Crippen molar-refractivity contribution in [3.63, 3.8) is 0 Å². The molecule has 0 saturated carbocycles. The van der Waals surface area contributed by atoms with E-state index in [2.05, 4.69) is 6.07 Å². The van der Waals surface area contributed by atoms with Crippen molar-refractivity contribution in [3.8, 4) is 11.8 Å². The van der Waals surface area contributed by atoms with Crippen molar-refractivity contribution in [2.24, 2.45) is 0 Å². The molecule has 1 aliphatic heterocycles. The topological polar surface area (TPSA) is 56.6 Å². The number of hydrogen-bond acceptors (Lipinski definition) is 4. The van der Waals surface area contributed by atoms with Gasteiger partial charge in [0.25, 0.3) is 0 Å². The van der Waals surface area contributed by atoms with Crippen molar-refractivity contribution in [3.05, 3.63) is 65.5 Å². The third kappa shape index (κ3) is 4.68. The number of nitrogens with zero attached hydrogens (tertiary/aromatic N) is 3. The first-order valence-corrected chi connectivity index (χ1v) is 9.50. The zero-order chi connectivity index (χ0) is 19.9. The summed E-state index contributed by atoms with van der Waals surface area (Å²) in [6.07, 6.45) is 0.335. The molecule has 1 saturated heterocycles. The standard InChI is InChI=1S/C22H24FN3O2/c1-2-28-18-9-7-17(8-10-18)15-22(27)26-13-11-25(12-14-26)21(16-24)19-5-3-4-6-20(19)23/h3-10,21H,2,11-15H2,1H3. The van der Waals surface area contributed by atoms with Gasteiger partial charge in [-0.15, -0.1) is 0 Å². The van der Waals surface area contributed by atoms with Crippen LogP contribution in [0.4, 0.5) is 4.39 Å². The second-order valence-electron chi connectivity index (χ2n) is 6.72. The third-order valence-corrected chi connectivity index (χ3v) is 4.94. The first kappa shape index (κ1) is 19.8. The van der Waals surface area contributed by atoms with Gasteiger partial charge in [-0.2, -0.15) is 5.26 Å². The maximum atomic E-state index is 14.1. The molecule has 0 radical (unpaired) electrons. The van der Waals surface area contributed by atoms with Crippen molar-refractivity contribution in [2.45, 2.75) is 19.4 Å². The predicted octanol–water partition coefficient (Wildman–Crippen LogP) is 3.18. The van der Waals surface area contributed by atoms with Crippen LogP contribution in [0.15, 0.2) is 48.5 Å². The van der Waals surface area contributed by atoms with Gasteiger partial charge in [-0.05, 0) is 30.7 Å². The number of ether oxygens (including phenoxy) is 1. The van der Waals surface area contributed by atoms with E-state index in [1.807, 2.05) is 41.0 Å². The lowest BCUT2D eigenvalue weighted by atomic mass is 10.0. The average molecular weight is 381 g/mol. The fourth-order valence-electron chi connectivity index (χ4n) is 3.43. The fraction of sp³-hybridized carbons (Fsp3) is 0.364. The van der Waals surface area contributed by atoms with Gasteiger partial charge >= 0.3 is 0 Å².